The van der Waals surface area contributed by atoms with Gasteiger partial charge in [0.25, 0.3) is 0 Å². The van der Waals surface area contributed by atoms with E-state index in [1.54, 1.807) is 11.6 Å². The molecule has 14 nitrogen and oxygen atoms in total. The van der Waals surface area contributed by atoms with Crippen LogP contribution in [0.1, 0.15) is 11.1 Å². The quantitative estimate of drug-likeness (QED) is 0.151. The van der Waals surface area contributed by atoms with E-state index in [4.69, 9.17) is 20.3 Å². The minimum absolute atomic E-state index is 0.292. The van der Waals surface area contributed by atoms with Crippen LogP contribution in [0.25, 0.3) is 66.1 Å². The van der Waals surface area contributed by atoms with E-state index < -0.39 is 6.09 Å². The summed E-state index contributed by atoms with van der Waals surface area (Å²) in [5.74, 6) is 2.65. The Morgan fingerprint density at radius 2 is 1.06 bits per heavy atom. The number of hydrogen-bond acceptors (Lipinski definition) is 10. The summed E-state index contributed by atoms with van der Waals surface area (Å²) in [6.07, 6.45) is 2.60. The molecule has 0 spiro atoms. The van der Waals surface area contributed by atoms with Gasteiger partial charge in [-0.1, -0.05) is 60.7 Å². The Labute approximate surface area is 385 Å². The van der Waals surface area contributed by atoms with Crippen molar-refractivity contribution in [1.29, 1.82) is 0 Å². The Balaban J connectivity index is 0.000000148. The summed E-state index contributed by atoms with van der Waals surface area (Å²) in [5, 5.41) is 13.7. The summed E-state index contributed by atoms with van der Waals surface area (Å²) >= 11 is 0. The van der Waals surface area contributed by atoms with E-state index in [9.17, 15) is 4.79 Å². The van der Waals surface area contributed by atoms with E-state index in [1.165, 1.54) is 11.3 Å². The van der Waals surface area contributed by atoms with Crippen LogP contribution in [0.15, 0.2) is 146 Å². The minimum atomic E-state index is -1.14. The number of pyridine rings is 2. The predicted molar refractivity (Wildman–Crippen MR) is 265 cm³/mol. The van der Waals surface area contributed by atoms with Crippen LogP contribution in [0.2, 0.25) is 0 Å². The van der Waals surface area contributed by atoms with Crippen molar-refractivity contribution in [3.8, 4) is 33.8 Å². The Morgan fingerprint density at radius 1 is 0.582 bits per heavy atom. The van der Waals surface area contributed by atoms with E-state index in [1.807, 2.05) is 72.5 Å². The number of aromatic nitrogens is 6. The molecule has 0 unspecified atom stereocenters. The number of nitrogens with zero attached hydrogens (tertiary/aromatic N) is 8. The second kappa shape index (κ2) is 17.0. The highest BCUT2D eigenvalue weighted by Gasteiger charge is 2.21. The monoisotopic (exact) mass is 886 g/mol. The topological polar surface area (TPSA) is 162 Å². The van der Waals surface area contributed by atoms with Crippen LogP contribution in [0.5, 0.6) is 11.5 Å². The van der Waals surface area contributed by atoms with E-state index in [2.05, 4.69) is 120 Å². The fraction of sp³-hybridized carbons (Fsp3) is 0.151. The van der Waals surface area contributed by atoms with Crippen LogP contribution in [0, 0.1) is 0 Å². The molecule has 2 aliphatic rings. The van der Waals surface area contributed by atoms with Gasteiger partial charge in [0, 0.05) is 72.9 Å². The van der Waals surface area contributed by atoms with Crippen LogP contribution in [0.4, 0.5) is 28.1 Å². The molecular formula is C53H46N10O4. The summed E-state index contributed by atoms with van der Waals surface area (Å²) in [7, 11) is 3.72. The van der Waals surface area contributed by atoms with Gasteiger partial charge in [-0.3, -0.25) is 15.3 Å². The van der Waals surface area contributed by atoms with Crippen molar-refractivity contribution in [2.75, 3.05) is 47.2 Å². The lowest BCUT2D eigenvalue weighted by molar-refractivity contribution is 0.209. The first kappa shape index (κ1) is 41.1. The molecule has 14 heteroatoms. The molecule has 4 aromatic heterocycles. The zero-order valence-electron chi connectivity index (χ0n) is 36.9. The van der Waals surface area contributed by atoms with Gasteiger partial charge in [0.1, 0.15) is 24.7 Å². The number of amides is 1. The molecule has 0 radical (unpaired) electrons. The number of nitrogens with one attached hydrogen (secondary N) is 1. The smallest absolute Gasteiger partial charge is 0.411 e. The first-order valence-electron chi connectivity index (χ1n) is 22.1. The average Bonchev–Trinajstić information content (AvgIpc) is 3.58. The van der Waals surface area contributed by atoms with Crippen molar-refractivity contribution in [3.05, 3.63) is 157 Å². The van der Waals surface area contributed by atoms with E-state index >= 15 is 0 Å². The molecule has 1 amide bonds. The molecule has 4 N–H and O–H groups in total. The molecule has 67 heavy (non-hydrogen) atoms. The molecule has 332 valence electrons. The second-order valence-corrected chi connectivity index (χ2v) is 16.7. The number of nitrogens with two attached hydrogens (primary N) is 1. The predicted octanol–water partition coefficient (Wildman–Crippen LogP) is 10.0. The first-order valence-corrected chi connectivity index (χ1v) is 22.1. The zero-order valence-corrected chi connectivity index (χ0v) is 36.9. The maximum Gasteiger partial charge on any atom is 0.411 e. The summed E-state index contributed by atoms with van der Waals surface area (Å²) < 4.78 is 15.8. The zero-order chi connectivity index (χ0) is 45.6. The highest BCUT2D eigenvalue weighted by molar-refractivity contribution is 5.93. The normalized spacial score (nSPS) is 13.5. The van der Waals surface area contributed by atoms with Gasteiger partial charge in [-0.15, -0.1) is 0 Å². The molecule has 6 heterocycles. The number of rotatable bonds is 5. The number of ether oxygens (including phenoxy) is 2. The van der Waals surface area contributed by atoms with Gasteiger partial charge in [0.2, 0.25) is 11.9 Å². The largest absolute Gasteiger partial charge is 0.491 e. The molecule has 0 bridgehead atoms. The maximum atomic E-state index is 11.1. The number of nitrogen functional groups attached to an aromatic ring is 1. The highest BCUT2D eigenvalue weighted by Crippen LogP contribution is 2.36. The molecule has 0 saturated carbocycles. The van der Waals surface area contributed by atoms with Gasteiger partial charge in [-0.25, -0.2) is 14.8 Å². The van der Waals surface area contributed by atoms with Crippen LogP contribution < -0.4 is 30.3 Å². The summed E-state index contributed by atoms with van der Waals surface area (Å²) in [6, 6.07) is 45.6. The Hall–Kier alpha value is -8.65. The van der Waals surface area contributed by atoms with Crippen LogP contribution >= 0.6 is 0 Å². The lowest BCUT2D eigenvalue weighted by Crippen LogP contribution is -2.25. The van der Waals surface area contributed by atoms with Crippen molar-refractivity contribution >= 4 is 73.2 Å². The molecule has 10 aromatic rings. The maximum absolute atomic E-state index is 11.1. The number of fused-ring (bicyclic) bond motifs is 6. The average molecular weight is 887 g/mol. The highest BCUT2D eigenvalue weighted by atomic mass is 16.5. The van der Waals surface area contributed by atoms with E-state index in [0.29, 0.717) is 25.1 Å². The van der Waals surface area contributed by atoms with Gasteiger partial charge in [0.05, 0.1) is 46.2 Å². The molecule has 0 fully saturated rings. The molecule has 0 saturated heterocycles. The summed E-state index contributed by atoms with van der Waals surface area (Å²) in [5.41, 5.74) is 20.4. The summed E-state index contributed by atoms with van der Waals surface area (Å²) in [6.45, 7) is 4.32. The Bertz CT molecular complexity index is 3520. The number of aryl methyl sites for hydroxylation is 2. The third-order valence-corrected chi connectivity index (χ3v) is 12.7. The van der Waals surface area contributed by atoms with Crippen LogP contribution in [0.3, 0.4) is 0 Å². The van der Waals surface area contributed by atoms with Crippen molar-refractivity contribution in [2.45, 2.75) is 13.1 Å². The SMILES string of the molecule is Cn1c(N)nc2cc(-c3ccc4c(c3)CN(c3ccnc5ccccc35)CCO4)ccc21.Cn1c(NC(=O)O)nc2cc(-c3ccc4c(c3)CN(c3ccnc5ccccc35)CCO4)ccc21. The van der Waals surface area contributed by atoms with Crippen molar-refractivity contribution in [2.24, 2.45) is 14.1 Å². The number of hydrogen-bond donors (Lipinski definition) is 3. The van der Waals surface area contributed by atoms with Crippen molar-refractivity contribution < 1.29 is 19.4 Å². The van der Waals surface area contributed by atoms with E-state index in [0.717, 1.165) is 115 Å². The number of para-hydroxylation sites is 2. The molecule has 2 aliphatic heterocycles. The summed E-state index contributed by atoms with van der Waals surface area (Å²) in [4.78, 5) is 33.7. The van der Waals surface area contributed by atoms with Crippen LogP contribution in [-0.4, -0.2) is 66.6 Å². The third-order valence-electron chi connectivity index (χ3n) is 12.7. The molecule has 6 aromatic carbocycles. The first-order chi connectivity index (χ1) is 32.7. The fourth-order valence-corrected chi connectivity index (χ4v) is 9.26. The van der Waals surface area contributed by atoms with Gasteiger partial charge >= 0.3 is 6.09 Å². The third kappa shape index (κ3) is 7.88. The number of benzene rings is 6. The molecule has 0 aliphatic carbocycles. The van der Waals surface area contributed by atoms with Gasteiger partial charge in [0.15, 0.2) is 0 Å². The van der Waals surface area contributed by atoms with Gasteiger partial charge < -0.3 is 39.2 Å². The number of imidazole rings is 2. The number of anilines is 4. The van der Waals surface area contributed by atoms with Crippen LogP contribution in [-0.2, 0) is 27.2 Å². The second-order valence-electron chi connectivity index (χ2n) is 16.7. The lowest BCUT2D eigenvalue weighted by Gasteiger charge is -2.23. The lowest BCUT2D eigenvalue weighted by atomic mass is 10.0. The van der Waals surface area contributed by atoms with Crippen molar-refractivity contribution in [1.82, 2.24) is 29.1 Å². The molecular weight excluding hydrogens is 841 g/mol. The fourth-order valence-electron chi connectivity index (χ4n) is 9.26. The number of carboxylic acid groups (broad SMARTS) is 1. The minimum Gasteiger partial charge on any atom is -0.491 e. The van der Waals surface area contributed by atoms with Gasteiger partial charge in [-0.05, 0) is 95.1 Å². The Morgan fingerprint density at radius 3 is 1.60 bits per heavy atom. The Kier molecular flexibility index (Phi) is 10.5. The standard InChI is InChI=1S/C27H23N5O3.C26H23N5O/c1-31-24-8-6-18(15-22(24)29-26(31)30-27(33)34)17-7-9-25-19(14-17)16-32(12-13-35-25)23-10-11-28-21-5-3-2-4-20(21)23;1-30-24-8-6-18(15-22(24)29-26(30)27)17-7-9-25-19(14-17)16-31(12-13-32-25)23-10-11-28-21-5-3-2-4-20(21)23/h2-11,14-15H,12-13,16H2,1H3,(H,29,30)(H,33,34);2-11,14-15H,12-13,16H2,1H3,(H2,27,29). The van der Waals surface area contributed by atoms with E-state index in [-0.39, 0.29) is 0 Å². The number of carbonyl (C=O) groups is 1. The van der Waals surface area contributed by atoms with Gasteiger partial charge in [-0.2, -0.15) is 0 Å². The molecule has 0 atom stereocenters. The van der Waals surface area contributed by atoms with Crippen molar-refractivity contribution in [3.63, 3.8) is 0 Å². The molecule has 12 rings (SSSR count).